The second-order valence-electron chi connectivity index (χ2n) is 4.74. The number of hydrogen-bond acceptors (Lipinski definition) is 2. The van der Waals surface area contributed by atoms with E-state index in [1.807, 2.05) is 6.07 Å². The number of nitrogens with one attached hydrogen (secondary N) is 1. The molecule has 3 nitrogen and oxygen atoms in total. The summed E-state index contributed by atoms with van der Waals surface area (Å²) in [5.74, 6) is 0.897. The third kappa shape index (κ3) is 2.65. The summed E-state index contributed by atoms with van der Waals surface area (Å²) in [6.45, 7) is 2.12. The van der Waals surface area contributed by atoms with Crippen LogP contribution in [0.1, 0.15) is 17.0 Å². The lowest BCUT2D eigenvalue weighted by molar-refractivity contribution is 0.882. The van der Waals surface area contributed by atoms with Crippen molar-refractivity contribution >= 4 is 34.4 Å². The van der Waals surface area contributed by atoms with Crippen molar-refractivity contribution < 1.29 is 0 Å². The molecule has 0 saturated heterocycles. The summed E-state index contributed by atoms with van der Waals surface area (Å²) in [6.07, 6.45) is 1.77. The van der Waals surface area contributed by atoms with Crippen molar-refractivity contribution in [1.82, 2.24) is 15.0 Å². The summed E-state index contributed by atoms with van der Waals surface area (Å²) in [7, 11) is 0. The average molecular weight is 306 g/mol. The molecule has 0 aliphatic rings. The van der Waals surface area contributed by atoms with Gasteiger partial charge in [0.05, 0.1) is 10.5 Å². The number of pyridine rings is 1. The van der Waals surface area contributed by atoms with E-state index < -0.39 is 0 Å². The molecule has 2 aromatic heterocycles. The number of benzene rings is 1. The first-order valence-electron chi connectivity index (χ1n) is 6.38. The Labute approximate surface area is 127 Å². The molecule has 1 N–H and O–H groups in total. The Morgan fingerprint density at radius 1 is 1.10 bits per heavy atom. The molecule has 0 aliphatic carbocycles. The first-order chi connectivity index (χ1) is 9.63. The van der Waals surface area contributed by atoms with Gasteiger partial charge in [-0.15, -0.1) is 0 Å². The minimum Gasteiger partial charge on any atom is -0.341 e. The minimum atomic E-state index is 0.288. The number of fused-ring (bicyclic) bond motifs is 1. The normalized spacial score (nSPS) is 11.2. The van der Waals surface area contributed by atoms with Gasteiger partial charge in [0.2, 0.25) is 0 Å². The molecule has 0 atom stereocenters. The van der Waals surface area contributed by atoms with Crippen LogP contribution < -0.4 is 0 Å². The van der Waals surface area contributed by atoms with E-state index in [0.29, 0.717) is 10.7 Å². The number of nitrogens with zero attached hydrogens (tertiary/aromatic N) is 2. The number of H-pyrrole nitrogens is 1. The van der Waals surface area contributed by atoms with Crippen LogP contribution in [-0.2, 0) is 12.8 Å². The van der Waals surface area contributed by atoms with Crippen LogP contribution in [0.2, 0.25) is 10.2 Å². The number of halogens is 2. The van der Waals surface area contributed by atoms with Gasteiger partial charge in [-0.1, -0.05) is 47.5 Å². The fourth-order valence-electron chi connectivity index (χ4n) is 2.21. The minimum absolute atomic E-state index is 0.288. The monoisotopic (exact) mass is 305 g/mol. The van der Waals surface area contributed by atoms with Gasteiger partial charge in [0.15, 0.2) is 5.65 Å². The third-order valence-corrected chi connectivity index (χ3v) is 4.00. The summed E-state index contributed by atoms with van der Waals surface area (Å²) in [5.41, 5.74) is 4.06. The second-order valence-corrected chi connectivity index (χ2v) is 5.51. The van der Waals surface area contributed by atoms with E-state index in [4.69, 9.17) is 23.2 Å². The van der Waals surface area contributed by atoms with E-state index in [0.717, 1.165) is 24.2 Å². The Bertz CT molecular complexity index is 726. The van der Waals surface area contributed by atoms with Gasteiger partial charge in [-0.2, -0.15) is 0 Å². The summed E-state index contributed by atoms with van der Waals surface area (Å²) in [6, 6.07) is 10.1. The molecule has 0 amide bonds. The van der Waals surface area contributed by atoms with Gasteiger partial charge >= 0.3 is 0 Å². The molecule has 0 unspecified atom stereocenters. The Morgan fingerprint density at radius 2 is 1.90 bits per heavy atom. The van der Waals surface area contributed by atoms with Gasteiger partial charge in [0.1, 0.15) is 11.0 Å². The Morgan fingerprint density at radius 3 is 2.70 bits per heavy atom. The molecule has 0 saturated carbocycles. The molecule has 2 heterocycles. The van der Waals surface area contributed by atoms with Gasteiger partial charge in [-0.25, -0.2) is 9.97 Å². The van der Waals surface area contributed by atoms with Gasteiger partial charge in [-0.05, 0) is 30.5 Å². The summed E-state index contributed by atoms with van der Waals surface area (Å²) in [5, 5.41) is 0.726. The van der Waals surface area contributed by atoms with Crippen molar-refractivity contribution in [2.24, 2.45) is 0 Å². The van der Waals surface area contributed by atoms with Crippen LogP contribution in [0.25, 0.3) is 11.2 Å². The molecule has 0 radical (unpaired) electrons. The van der Waals surface area contributed by atoms with Crippen LogP contribution in [0.4, 0.5) is 0 Å². The molecule has 3 rings (SSSR count). The van der Waals surface area contributed by atoms with Crippen LogP contribution in [0.5, 0.6) is 0 Å². The zero-order chi connectivity index (χ0) is 14.1. The standard InChI is InChI=1S/C15H13Cl2N3/c1-9-4-2-3-5-10(9)6-7-13-18-12-8-11(16)14(17)20-15(12)19-13/h2-5,8H,6-7H2,1H3,(H,18,19,20). The zero-order valence-electron chi connectivity index (χ0n) is 11.0. The SMILES string of the molecule is Cc1ccccc1CCc1nc2nc(Cl)c(Cl)cc2[nH]1. The predicted octanol–water partition coefficient (Wildman–Crippen LogP) is 4.36. The van der Waals surface area contributed by atoms with Gasteiger partial charge < -0.3 is 4.98 Å². The number of aryl methyl sites for hydroxylation is 3. The number of rotatable bonds is 3. The second kappa shape index (κ2) is 5.43. The highest BCUT2D eigenvalue weighted by Crippen LogP contribution is 2.23. The van der Waals surface area contributed by atoms with Crippen LogP contribution in [-0.4, -0.2) is 15.0 Å². The smallest absolute Gasteiger partial charge is 0.179 e. The maximum atomic E-state index is 5.95. The zero-order valence-corrected chi connectivity index (χ0v) is 12.5. The maximum absolute atomic E-state index is 5.95. The molecular weight excluding hydrogens is 293 g/mol. The first kappa shape index (κ1) is 13.4. The fourth-order valence-corrected chi connectivity index (χ4v) is 2.49. The molecular formula is C15H13Cl2N3. The van der Waals surface area contributed by atoms with E-state index >= 15 is 0 Å². The molecule has 3 aromatic rings. The maximum Gasteiger partial charge on any atom is 0.179 e. The lowest BCUT2D eigenvalue weighted by Gasteiger charge is -2.03. The van der Waals surface area contributed by atoms with E-state index in [-0.39, 0.29) is 5.15 Å². The molecule has 0 fully saturated rings. The van der Waals surface area contributed by atoms with Crippen molar-refractivity contribution in [1.29, 1.82) is 0 Å². The number of aromatic amines is 1. The first-order valence-corrected chi connectivity index (χ1v) is 7.14. The highest BCUT2D eigenvalue weighted by molar-refractivity contribution is 6.41. The third-order valence-electron chi connectivity index (χ3n) is 3.33. The highest BCUT2D eigenvalue weighted by Gasteiger charge is 2.08. The van der Waals surface area contributed by atoms with E-state index in [2.05, 4.69) is 40.1 Å². The lowest BCUT2D eigenvalue weighted by Crippen LogP contribution is -1.95. The quantitative estimate of drug-likeness (QED) is 0.731. The molecule has 102 valence electrons. The topological polar surface area (TPSA) is 41.6 Å². The van der Waals surface area contributed by atoms with Crippen molar-refractivity contribution in [2.45, 2.75) is 19.8 Å². The predicted molar refractivity (Wildman–Crippen MR) is 82.5 cm³/mol. The lowest BCUT2D eigenvalue weighted by atomic mass is 10.0. The van der Waals surface area contributed by atoms with Gasteiger partial charge in [-0.3, -0.25) is 0 Å². The summed E-state index contributed by atoms with van der Waals surface area (Å²) >= 11 is 11.8. The van der Waals surface area contributed by atoms with E-state index in [1.54, 1.807) is 6.07 Å². The number of hydrogen-bond donors (Lipinski definition) is 1. The number of imidazole rings is 1. The van der Waals surface area contributed by atoms with Crippen molar-refractivity contribution in [2.75, 3.05) is 0 Å². The summed E-state index contributed by atoms with van der Waals surface area (Å²) in [4.78, 5) is 11.8. The van der Waals surface area contributed by atoms with Crippen LogP contribution in [0, 0.1) is 6.92 Å². The molecule has 20 heavy (non-hydrogen) atoms. The van der Waals surface area contributed by atoms with Crippen molar-refractivity contribution in [3.63, 3.8) is 0 Å². The van der Waals surface area contributed by atoms with Crippen LogP contribution >= 0.6 is 23.2 Å². The van der Waals surface area contributed by atoms with Crippen molar-refractivity contribution in [3.8, 4) is 0 Å². The van der Waals surface area contributed by atoms with Gasteiger partial charge in [0.25, 0.3) is 0 Å². The Balaban J connectivity index is 1.83. The van der Waals surface area contributed by atoms with Gasteiger partial charge in [0, 0.05) is 6.42 Å². The van der Waals surface area contributed by atoms with E-state index in [9.17, 15) is 0 Å². The van der Waals surface area contributed by atoms with Crippen LogP contribution in [0.3, 0.4) is 0 Å². The molecule has 0 bridgehead atoms. The molecule has 0 spiro atoms. The molecule has 0 aliphatic heterocycles. The fraction of sp³-hybridized carbons (Fsp3) is 0.200. The largest absolute Gasteiger partial charge is 0.341 e. The Kier molecular flexibility index (Phi) is 3.64. The highest BCUT2D eigenvalue weighted by atomic mass is 35.5. The summed E-state index contributed by atoms with van der Waals surface area (Å²) < 4.78 is 0. The van der Waals surface area contributed by atoms with Crippen molar-refractivity contribution in [3.05, 3.63) is 57.5 Å². The Hall–Kier alpha value is -1.58. The number of aromatic nitrogens is 3. The van der Waals surface area contributed by atoms with E-state index in [1.165, 1.54) is 11.1 Å². The molecule has 5 heteroatoms. The molecule has 1 aromatic carbocycles. The van der Waals surface area contributed by atoms with Crippen LogP contribution in [0.15, 0.2) is 30.3 Å². The average Bonchev–Trinajstić information content (AvgIpc) is 2.80.